The molecule has 8 heteroatoms. The molecular formula is C22H25N3O4S. The predicted octanol–water partition coefficient (Wildman–Crippen LogP) is 3.05. The summed E-state index contributed by atoms with van der Waals surface area (Å²) in [6, 6.07) is 12.9. The molecule has 3 N–H and O–H groups in total. The van der Waals surface area contributed by atoms with Crippen molar-refractivity contribution >= 4 is 27.5 Å². The summed E-state index contributed by atoms with van der Waals surface area (Å²) in [7, 11) is -3.66. The van der Waals surface area contributed by atoms with Gasteiger partial charge in [-0.15, -0.1) is 0 Å². The fourth-order valence-corrected chi connectivity index (χ4v) is 4.96. The summed E-state index contributed by atoms with van der Waals surface area (Å²) < 4.78 is 27.5. The molecule has 158 valence electrons. The minimum absolute atomic E-state index is 0.0160. The smallest absolute Gasteiger partial charge is 0.255 e. The first-order valence-electron chi connectivity index (χ1n) is 10.3. The van der Waals surface area contributed by atoms with Crippen molar-refractivity contribution in [2.45, 2.75) is 55.5 Å². The lowest BCUT2D eigenvalue weighted by Crippen LogP contribution is -2.33. The van der Waals surface area contributed by atoms with E-state index in [0.717, 1.165) is 38.5 Å². The SMILES string of the molecule is O=C(Nc1ccccc1C(=O)NC1CCCC1)c1cccc(S(=O)(=O)NC2CC2)c1. The maximum absolute atomic E-state index is 12.8. The van der Waals surface area contributed by atoms with Gasteiger partial charge in [-0.2, -0.15) is 0 Å². The highest BCUT2D eigenvalue weighted by atomic mass is 32.2. The normalized spacial score (nSPS) is 16.9. The molecule has 0 aromatic heterocycles. The third-order valence-corrected chi connectivity index (χ3v) is 6.93. The Morgan fingerprint density at radius 3 is 2.30 bits per heavy atom. The predicted molar refractivity (Wildman–Crippen MR) is 114 cm³/mol. The van der Waals surface area contributed by atoms with Gasteiger partial charge in [-0.1, -0.05) is 31.0 Å². The Morgan fingerprint density at radius 1 is 0.833 bits per heavy atom. The van der Waals surface area contributed by atoms with Crippen molar-refractivity contribution in [3.8, 4) is 0 Å². The van der Waals surface area contributed by atoms with Crippen molar-refractivity contribution in [2.75, 3.05) is 5.32 Å². The Balaban J connectivity index is 1.50. The lowest BCUT2D eigenvalue weighted by Gasteiger charge is -2.15. The van der Waals surface area contributed by atoms with Gasteiger partial charge in [-0.05, 0) is 56.0 Å². The van der Waals surface area contributed by atoms with Crippen LogP contribution < -0.4 is 15.4 Å². The van der Waals surface area contributed by atoms with E-state index in [0.29, 0.717) is 11.3 Å². The molecule has 0 aliphatic heterocycles. The van der Waals surface area contributed by atoms with E-state index < -0.39 is 15.9 Å². The maximum Gasteiger partial charge on any atom is 0.255 e. The largest absolute Gasteiger partial charge is 0.349 e. The minimum Gasteiger partial charge on any atom is -0.349 e. The Hall–Kier alpha value is -2.71. The molecule has 2 amide bonds. The number of carbonyl (C=O) groups excluding carboxylic acids is 2. The molecule has 2 aromatic rings. The quantitative estimate of drug-likeness (QED) is 0.632. The molecule has 2 aliphatic rings. The van der Waals surface area contributed by atoms with Crippen LogP contribution in [0.2, 0.25) is 0 Å². The highest BCUT2D eigenvalue weighted by Gasteiger charge is 2.28. The lowest BCUT2D eigenvalue weighted by atomic mass is 10.1. The molecular weight excluding hydrogens is 402 g/mol. The van der Waals surface area contributed by atoms with E-state index in [9.17, 15) is 18.0 Å². The average Bonchev–Trinajstić information content (AvgIpc) is 3.39. The number of nitrogens with one attached hydrogen (secondary N) is 3. The highest BCUT2D eigenvalue weighted by Crippen LogP contribution is 2.23. The van der Waals surface area contributed by atoms with E-state index in [4.69, 9.17) is 0 Å². The molecule has 0 spiro atoms. The molecule has 2 aromatic carbocycles. The van der Waals surface area contributed by atoms with E-state index in [1.165, 1.54) is 18.2 Å². The van der Waals surface area contributed by atoms with Gasteiger partial charge >= 0.3 is 0 Å². The standard InChI is InChI=1S/C22H25N3O4S/c26-21(15-6-5-9-18(14-15)30(28,29)25-17-12-13-17)24-20-11-4-3-10-19(20)22(27)23-16-7-1-2-8-16/h3-6,9-11,14,16-17,25H,1-2,7-8,12-13H2,(H,23,27)(H,24,26). The van der Waals surface area contributed by atoms with Gasteiger partial charge in [0.2, 0.25) is 10.0 Å². The molecule has 0 bridgehead atoms. The van der Waals surface area contributed by atoms with Crippen LogP contribution in [0, 0.1) is 0 Å². The lowest BCUT2D eigenvalue weighted by molar-refractivity contribution is 0.0938. The van der Waals surface area contributed by atoms with Crippen LogP contribution in [-0.4, -0.2) is 32.3 Å². The molecule has 2 fully saturated rings. The number of amides is 2. The van der Waals surface area contributed by atoms with Gasteiger partial charge in [0.15, 0.2) is 0 Å². The molecule has 0 radical (unpaired) electrons. The second kappa shape index (κ2) is 8.57. The molecule has 0 heterocycles. The minimum atomic E-state index is -3.66. The van der Waals surface area contributed by atoms with E-state index in [1.807, 2.05) is 0 Å². The Bertz CT molecular complexity index is 1060. The highest BCUT2D eigenvalue weighted by molar-refractivity contribution is 7.89. The Morgan fingerprint density at radius 2 is 1.57 bits per heavy atom. The van der Waals surface area contributed by atoms with E-state index in [1.54, 1.807) is 30.3 Å². The molecule has 4 rings (SSSR count). The monoisotopic (exact) mass is 427 g/mol. The van der Waals surface area contributed by atoms with Crippen molar-refractivity contribution in [1.29, 1.82) is 0 Å². The van der Waals surface area contributed by atoms with Crippen LogP contribution in [0.5, 0.6) is 0 Å². The summed E-state index contributed by atoms with van der Waals surface area (Å²) in [5, 5.41) is 5.77. The fourth-order valence-electron chi connectivity index (χ4n) is 3.61. The van der Waals surface area contributed by atoms with Crippen LogP contribution in [0.15, 0.2) is 53.4 Å². The number of hydrogen-bond donors (Lipinski definition) is 3. The van der Waals surface area contributed by atoms with Crippen LogP contribution >= 0.6 is 0 Å². The van der Waals surface area contributed by atoms with Gasteiger partial charge in [-0.25, -0.2) is 13.1 Å². The van der Waals surface area contributed by atoms with E-state index in [2.05, 4.69) is 15.4 Å². The number of carbonyl (C=O) groups is 2. The number of sulfonamides is 1. The summed E-state index contributed by atoms with van der Waals surface area (Å²) in [5.74, 6) is -0.692. The molecule has 0 saturated heterocycles. The van der Waals surface area contributed by atoms with Gasteiger partial charge in [0, 0.05) is 17.6 Å². The third kappa shape index (κ3) is 4.88. The van der Waals surface area contributed by atoms with Gasteiger partial charge in [0.05, 0.1) is 16.1 Å². The van der Waals surface area contributed by atoms with Crippen LogP contribution in [0.25, 0.3) is 0 Å². The van der Waals surface area contributed by atoms with Gasteiger partial charge < -0.3 is 10.6 Å². The first-order valence-corrected chi connectivity index (χ1v) is 11.7. The zero-order valence-electron chi connectivity index (χ0n) is 16.6. The summed E-state index contributed by atoms with van der Waals surface area (Å²) in [5.41, 5.74) is 0.985. The van der Waals surface area contributed by atoms with Crippen LogP contribution in [0.3, 0.4) is 0 Å². The maximum atomic E-state index is 12.8. The molecule has 0 unspecified atom stereocenters. The molecule has 2 saturated carbocycles. The van der Waals surface area contributed by atoms with E-state index in [-0.39, 0.29) is 28.4 Å². The number of hydrogen-bond acceptors (Lipinski definition) is 4. The molecule has 2 aliphatic carbocycles. The van der Waals surface area contributed by atoms with Crippen LogP contribution in [-0.2, 0) is 10.0 Å². The zero-order valence-corrected chi connectivity index (χ0v) is 17.4. The van der Waals surface area contributed by atoms with Crippen LogP contribution in [0.1, 0.15) is 59.2 Å². The van der Waals surface area contributed by atoms with Crippen LogP contribution in [0.4, 0.5) is 5.69 Å². The van der Waals surface area contributed by atoms with Crippen molar-refractivity contribution in [2.24, 2.45) is 0 Å². The second-order valence-corrected chi connectivity index (χ2v) is 9.59. The van der Waals surface area contributed by atoms with E-state index >= 15 is 0 Å². The van der Waals surface area contributed by atoms with Crippen molar-refractivity contribution in [1.82, 2.24) is 10.0 Å². The first-order chi connectivity index (χ1) is 14.4. The molecule has 7 nitrogen and oxygen atoms in total. The molecule has 30 heavy (non-hydrogen) atoms. The van der Waals surface area contributed by atoms with Crippen molar-refractivity contribution in [3.63, 3.8) is 0 Å². The summed E-state index contributed by atoms with van der Waals surface area (Å²) >= 11 is 0. The Kier molecular flexibility index (Phi) is 5.87. The van der Waals surface area contributed by atoms with Gasteiger partial charge in [0.25, 0.3) is 11.8 Å². The number of anilines is 1. The summed E-state index contributed by atoms with van der Waals surface area (Å²) in [6.45, 7) is 0. The topological polar surface area (TPSA) is 104 Å². The zero-order chi connectivity index (χ0) is 21.1. The van der Waals surface area contributed by atoms with Crippen molar-refractivity contribution in [3.05, 3.63) is 59.7 Å². The van der Waals surface area contributed by atoms with Crippen molar-refractivity contribution < 1.29 is 18.0 Å². The number of para-hydroxylation sites is 1. The second-order valence-electron chi connectivity index (χ2n) is 7.88. The Labute approximate surface area is 176 Å². The summed E-state index contributed by atoms with van der Waals surface area (Å²) in [4.78, 5) is 25.5. The third-order valence-electron chi connectivity index (χ3n) is 5.42. The molecule has 0 atom stereocenters. The fraction of sp³-hybridized carbons (Fsp3) is 0.364. The number of benzene rings is 2. The van der Waals surface area contributed by atoms with Gasteiger partial charge in [-0.3, -0.25) is 9.59 Å². The summed E-state index contributed by atoms with van der Waals surface area (Å²) in [6.07, 6.45) is 5.82. The number of rotatable bonds is 7. The first kappa shape index (κ1) is 20.6. The van der Waals surface area contributed by atoms with Gasteiger partial charge in [0.1, 0.15) is 0 Å². The average molecular weight is 428 g/mol.